The van der Waals surface area contributed by atoms with E-state index in [4.69, 9.17) is 22.1 Å². The third kappa shape index (κ3) is 4.66. The van der Waals surface area contributed by atoms with Gasteiger partial charge in [-0.25, -0.2) is 0 Å². The summed E-state index contributed by atoms with van der Waals surface area (Å²) < 4.78 is 10.5. The predicted octanol–water partition coefficient (Wildman–Crippen LogP) is 4.67. The molecule has 0 saturated heterocycles. The number of nitrogens with two attached hydrogens (primary N) is 1. The molecule has 1 heterocycles. The Bertz CT molecular complexity index is 1200. The molecule has 0 bridgehead atoms. The number of carbonyl (C=O) groups is 2. The molecule has 0 aliphatic carbocycles. The van der Waals surface area contributed by atoms with Gasteiger partial charge >= 0.3 is 5.97 Å². The summed E-state index contributed by atoms with van der Waals surface area (Å²) in [4.78, 5) is 23.8. The molecule has 3 aromatic rings. The van der Waals surface area contributed by atoms with Crippen LogP contribution in [0.4, 0.5) is 5.69 Å². The summed E-state index contributed by atoms with van der Waals surface area (Å²) in [5, 5.41) is 3.31. The molecule has 1 atom stereocenters. The third-order valence-corrected chi connectivity index (χ3v) is 5.43. The number of rotatable bonds is 6. The quantitative estimate of drug-likeness (QED) is 0.422. The predicted molar refractivity (Wildman–Crippen MR) is 125 cm³/mol. The van der Waals surface area contributed by atoms with Crippen LogP contribution in [0.5, 0.6) is 11.5 Å². The van der Waals surface area contributed by atoms with Gasteiger partial charge in [-0.2, -0.15) is 0 Å². The van der Waals surface area contributed by atoms with Crippen LogP contribution in [0.2, 0.25) is 5.02 Å². The highest BCUT2D eigenvalue weighted by Crippen LogP contribution is 2.35. The van der Waals surface area contributed by atoms with Crippen molar-refractivity contribution in [2.45, 2.75) is 12.5 Å². The van der Waals surface area contributed by atoms with Gasteiger partial charge in [0.1, 0.15) is 17.5 Å². The molecule has 0 spiro atoms. The minimum Gasteiger partial charge on any atom is -0.468 e. The van der Waals surface area contributed by atoms with E-state index in [9.17, 15) is 9.59 Å². The van der Waals surface area contributed by atoms with E-state index in [2.05, 4.69) is 10.1 Å². The van der Waals surface area contributed by atoms with Crippen LogP contribution < -0.4 is 15.8 Å². The highest BCUT2D eigenvalue weighted by Gasteiger charge is 2.23. The third-order valence-electron chi connectivity index (χ3n) is 5.10. The van der Waals surface area contributed by atoms with Crippen molar-refractivity contribution in [2.75, 3.05) is 12.4 Å². The van der Waals surface area contributed by atoms with Crippen molar-refractivity contribution in [3.8, 4) is 11.5 Å². The first kappa shape index (κ1) is 21.6. The average Bonchev–Trinajstić information content (AvgIpc) is 3.11. The summed E-state index contributed by atoms with van der Waals surface area (Å²) >= 11 is 6.46. The van der Waals surface area contributed by atoms with Crippen molar-refractivity contribution < 1.29 is 19.1 Å². The number of methoxy groups -OCH3 is 1. The van der Waals surface area contributed by atoms with Crippen molar-refractivity contribution in [3.05, 3.63) is 88.4 Å². The van der Waals surface area contributed by atoms with Crippen LogP contribution in [0.1, 0.15) is 16.7 Å². The summed E-state index contributed by atoms with van der Waals surface area (Å²) in [6, 6.07) is 19.4. The zero-order chi connectivity index (χ0) is 22.7. The molecule has 3 N–H and O–H groups in total. The van der Waals surface area contributed by atoms with Gasteiger partial charge in [-0.05, 0) is 60.0 Å². The molecule has 162 valence electrons. The van der Waals surface area contributed by atoms with Gasteiger partial charge in [0.15, 0.2) is 0 Å². The first-order valence-electron chi connectivity index (χ1n) is 9.97. The Kier molecular flexibility index (Phi) is 6.25. The van der Waals surface area contributed by atoms with E-state index in [1.54, 1.807) is 30.3 Å². The summed E-state index contributed by atoms with van der Waals surface area (Å²) in [5.41, 5.74) is 9.61. The Morgan fingerprint density at radius 3 is 2.53 bits per heavy atom. The number of amides is 1. The molecular weight excluding hydrogens is 428 g/mol. The molecular formula is C25H21ClN2O4. The Morgan fingerprint density at radius 2 is 1.81 bits per heavy atom. The van der Waals surface area contributed by atoms with Crippen LogP contribution in [0.25, 0.3) is 11.6 Å². The molecule has 0 fully saturated rings. The van der Waals surface area contributed by atoms with E-state index in [-0.39, 0.29) is 5.91 Å². The van der Waals surface area contributed by atoms with E-state index in [1.807, 2.05) is 42.5 Å². The maximum Gasteiger partial charge on any atom is 0.322 e. The van der Waals surface area contributed by atoms with Crippen LogP contribution in [-0.2, 0) is 20.7 Å². The normalized spacial score (nSPS) is 14.6. The molecule has 0 aromatic heterocycles. The van der Waals surface area contributed by atoms with Crippen LogP contribution in [0.3, 0.4) is 0 Å². The number of hydrogen-bond acceptors (Lipinski definition) is 5. The first-order chi connectivity index (χ1) is 15.4. The lowest BCUT2D eigenvalue weighted by Gasteiger charge is -2.11. The topological polar surface area (TPSA) is 90.7 Å². The second-order valence-corrected chi connectivity index (χ2v) is 7.73. The van der Waals surface area contributed by atoms with Gasteiger partial charge in [0.25, 0.3) is 5.91 Å². The summed E-state index contributed by atoms with van der Waals surface area (Å²) in [6.45, 7) is 0. The minimum absolute atomic E-state index is 0.158. The Morgan fingerprint density at radius 1 is 1.09 bits per heavy atom. The van der Waals surface area contributed by atoms with Crippen molar-refractivity contribution in [1.29, 1.82) is 0 Å². The maximum atomic E-state index is 12.3. The first-order valence-corrected chi connectivity index (χ1v) is 10.3. The van der Waals surface area contributed by atoms with Crippen LogP contribution in [-0.4, -0.2) is 25.0 Å². The molecule has 0 saturated carbocycles. The maximum absolute atomic E-state index is 12.3. The fourth-order valence-corrected chi connectivity index (χ4v) is 3.67. The second-order valence-electron chi connectivity index (χ2n) is 7.32. The fourth-order valence-electron chi connectivity index (χ4n) is 3.44. The Balaban J connectivity index is 1.47. The Labute approximate surface area is 190 Å². The lowest BCUT2D eigenvalue weighted by Crippen LogP contribution is -2.33. The van der Waals surface area contributed by atoms with Crippen LogP contribution in [0.15, 0.2) is 66.7 Å². The van der Waals surface area contributed by atoms with Crippen LogP contribution >= 0.6 is 11.6 Å². The van der Waals surface area contributed by atoms with E-state index in [1.165, 1.54) is 7.11 Å². The molecule has 1 amide bonds. The number of anilines is 1. The van der Waals surface area contributed by atoms with Gasteiger partial charge < -0.3 is 20.5 Å². The number of carbonyl (C=O) groups excluding carboxylic acids is 2. The molecule has 0 radical (unpaired) electrons. The summed E-state index contributed by atoms with van der Waals surface area (Å²) in [6.07, 6.45) is 2.14. The zero-order valence-corrected chi connectivity index (χ0v) is 18.1. The molecule has 7 heteroatoms. The Hall–Kier alpha value is -3.61. The lowest BCUT2D eigenvalue weighted by molar-refractivity contribution is -0.142. The molecule has 1 aliphatic rings. The SMILES string of the molecule is COC(=O)C(N)Cc1ccc(Oc2ccc(/C=C3/C(=O)Nc4ccccc43)c(Cl)c2)cc1. The van der Waals surface area contributed by atoms with E-state index >= 15 is 0 Å². The second kappa shape index (κ2) is 9.26. The number of halogens is 1. The van der Waals surface area contributed by atoms with Crippen molar-refractivity contribution >= 4 is 40.8 Å². The fraction of sp³-hybridized carbons (Fsp3) is 0.120. The van der Waals surface area contributed by atoms with Crippen LogP contribution in [0, 0.1) is 0 Å². The zero-order valence-electron chi connectivity index (χ0n) is 17.3. The van der Waals surface area contributed by atoms with Crippen molar-refractivity contribution in [2.24, 2.45) is 5.73 Å². The monoisotopic (exact) mass is 448 g/mol. The summed E-state index contributed by atoms with van der Waals surface area (Å²) in [5.74, 6) is 0.572. The number of fused-ring (bicyclic) bond motifs is 1. The smallest absolute Gasteiger partial charge is 0.322 e. The highest BCUT2D eigenvalue weighted by atomic mass is 35.5. The number of para-hydroxylation sites is 1. The molecule has 32 heavy (non-hydrogen) atoms. The number of esters is 1. The average molecular weight is 449 g/mol. The standard InChI is InChI=1S/C25H21ClN2O4/c1-31-25(30)22(27)12-15-6-9-17(10-7-15)32-18-11-8-16(21(26)14-18)13-20-19-4-2-3-5-23(19)28-24(20)29/h2-11,13-14,22H,12,27H2,1H3,(H,28,29)/b20-13+. The van der Waals surface area contributed by atoms with Crippen molar-refractivity contribution in [3.63, 3.8) is 0 Å². The number of nitrogens with one attached hydrogen (secondary N) is 1. The van der Waals surface area contributed by atoms with E-state index in [0.29, 0.717) is 34.1 Å². The van der Waals surface area contributed by atoms with E-state index < -0.39 is 12.0 Å². The molecule has 3 aromatic carbocycles. The van der Waals surface area contributed by atoms with Crippen molar-refractivity contribution in [1.82, 2.24) is 0 Å². The molecule has 4 rings (SSSR count). The molecule has 6 nitrogen and oxygen atoms in total. The van der Waals surface area contributed by atoms with Gasteiger partial charge in [-0.1, -0.05) is 41.9 Å². The van der Waals surface area contributed by atoms with Gasteiger partial charge in [-0.3, -0.25) is 9.59 Å². The number of ether oxygens (including phenoxy) is 2. The minimum atomic E-state index is -0.707. The van der Waals surface area contributed by atoms with Gasteiger partial charge in [0.05, 0.1) is 12.1 Å². The molecule has 1 unspecified atom stereocenters. The van der Waals surface area contributed by atoms with Gasteiger partial charge in [-0.15, -0.1) is 0 Å². The lowest BCUT2D eigenvalue weighted by atomic mass is 10.0. The van der Waals surface area contributed by atoms with Gasteiger partial charge in [0.2, 0.25) is 0 Å². The summed E-state index contributed by atoms with van der Waals surface area (Å²) in [7, 11) is 1.31. The highest BCUT2D eigenvalue weighted by molar-refractivity contribution is 6.37. The van der Waals surface area contributed by atoms with E-state index in [0.717, 1.165) is 16.8 Å². The number of benzene rings is 3. The van der Waals surface area contributed by atoms with Gasteiger partial charge in [0, 0.05) is 16.8 Å². The largest absolute Gasteiger partial charge is 0.468 e. The number of hydrogen-bond donors (Lipinski definition) is 2. The molecule has 1 aliphatic heterocycles.